The number of hydrogen-bond donors (Lipinski definition) is 1. The van der Waals surface area contributed by atoms with Crippen molar-refractivity contribution in [2.24, 2.45) is 5.73 Å². The zero-order valence-electron chi connectivity index (χ0n) is 8.38. The molecule has 16 heavy (non-hydrogen) atoms. The van der Waals surface area contributed by atoms with E-state index in [0.717, 1.165) is 23.1 Å². The molecule has 0 saturated carbocycles. The van der Waals surface area contributed by atoms with Crippen molar-refractivity contribution in [3.8, 4) is 0 Å². The maximum absolute atomic E-state index is 12.5. The third-order valence-corrected chi connectivity index (χ3v) is 2.47. The molecule has 2 aromatic rings. The average molecular weight is 225 g/mol. The molecule has 0 unspecified atom stereocenters. The highest BCUT2D eigenvalue weighted by Gasteiger charge is 2.30. The third kappa shape index (κ3) is 2.02. The summed E-state index contributed by atoms with van der Waals surface area (Å²) in [4.78, 5) is 0. The van der Waals surface area contributed by atoms with Gasteiger partial charge in [0.25, 0.3) is 0 Å². The molecule has 0 amide bonds. The summed E-state index contributed by atoms with van der Waals surface area (Å²) in [5, 5.41) is 1.35. The molecule has 0 atom stereocenters. The van der Waals surface area contributed by atoms with Crippen molar-refractivity contribution >= 4 is 10.8 Å². The van der Waals surface area contributed by atoms with Crippen LogP contribution in [0.2, 0.25) is 0 Å². The summed E-state index contributed by atoms with van der Waals surface area (Å²) in [5.41, 5.74) is 5.64. The molecule has 4 heteroatoms. The monoisotopic (exact) mass is 225 g/mol. The first-order valence-corrected chi connectivity index (χ1v) is 4.80. The highest BCUT2D eigenvalue weighted by Crippen LogP contribution is 2.31. The molecular weight excluding hydrogens is 215 g/mol. The molecule has 2 aromatic carbocycles. The molecule has 1 nitrogen and oxygen atoms in total. The first-order chi connectivity index (χ1) is 7.50. The first kappa shape index (κ1) is 11.0. The molecule has 0 bridgehead atoms. The zero-order valence-corrected chi connectivity index (χ0v) is 8.38. The van der Waals surface area contributed by atoms with Gasteiger partial charge in [-0.1, -0.05) is 18.2 Å². The van der Waals surface area contributed by atoms with Gasteiger partial charge in [0, 0.05) is 6.54 Å². The molecule has 0 radical (unpaired) electrons. The van der Waals surface area contributed by atoms with Crippen LogP contribution in [0, 0.1) is 0 Å². The fraction of sp³-hybridized carbons (Fsp3) is 0.167. The number of benzene rings is 2. The second-order valence-corrected chi connectivity index (χ2v) is 3.60. The van der Waals surface area contributed by atoms with Crippen LogP contribution in [0.3, 0.4) is 0 Å². The van der Waals surface area contributed by atoms with E-state index in [-0.39, 0.29) is 0 Å². The Hall–Kier alpha value is -1.55. The van der Waals surface area contributed by atoms with Crippen molar-refractivity contribution in [2.45, 2.75) is 12.7 Å². The summed E-state index contributed by atoms with van der Waals surface area (Å²) in [6, 6.07) is 8.98. The molecule has 0 aliphatic carbocycles. The Bertz CT molecular complexity index is 517. The van der Waals surface area contributed by atoms with Gasteiger partial charge in [-0.2, -0.15) is 13.2 Å². The van der Waals surface area contributed by atoms with E-state index < -0.39 is 11.7 Å². The minimum atomic E-state index is -4.30. The van der Waals surface area contributed by atoms with Crippen LogP contribution >= 0.6 is 0 Å². The smallest absolute Gasteiger partial charge is 0.326 e. The van der Waals surface area contributed by atoms with Crippen molar-refractivity contribution in [1.29, 1.82) is 0 Å². The van der Waals surface area contributed by atoms with Crippen LogP contribution in [-0.4, -0.2) is 0 Å². The number of alkyl halides is 3. The lowest BCUT2D eigenvalue weighted by molar-refractivity contribution is -0.137. The highest BCUT2D eigenvalue weighted by atomic mass is 19.4. The van der Waals surface area contributed by atoms with Crippen molar-refractivity contribution in [1.82, 2.24) is 0 Å². The van der Waals surface area contributed by atoms with Gasteiger partial charge in [-0.15, -0.1) is 0 Å². The fourth-order valence-corrected chi connectivity index (χ4v) is 1.60. The van der Waals surface area contributed by atoms with E-state index >= 15 is 0 Å². The van der Waals surface area contributed by atoms with E-state index in [9.17, 15) is 13.2 Å². The first-order valence-electron chi connectivity index (χ1n) is 4.80. The van der Waals surface area contributed by atoms with E-state index in [1.54, 1.807) is 12.1 Å². The van der Waals surface area contributed by atoms with Crippen molar-refractivity contribution < 1.29 is 13.2 Å². The number of hydrogen-bond acceptors (Lipinski definition) is 1. The second-order valence-electron chi connectivity index (χ2n) is 3.60. The van der Waals surface area contributed by atoms with E-state index in [1.165, 1.54) is 6.07 Å². The lowest BCUT2D eigenvalue weighted by atomic mass is 10.0. The standard InChI is InChI=1S/C12H10F3N/c13-12(14,15)11-4-3-9-2-1-8(7-16)5-10(9)6-11/h1-6H,7,16H2. The summed E-state index contributed by atoms with van der Waals surface area (Å²) in [7, 11) is 0. The summed E-state index contributed by atoms with van der Waals surface area (Å²) in [6.07, 6.45) is -4.30. The largest absolute Gasteiger partial charge is 0.416 e. The van der Waals surface area contributed by atoms with Crippen LogP contribution in [0.1, 0.15) is 11.1 Å². The van der Waals surface area contributed by atoms with Gasteiger partial charge < -0.3 is 5.73 Å². The van der Waals surface area contributed by atoms with E-state index in [0.29, 0.717) is 11.9 Å². The Morgan fingerprint density at radius 3 is 2.25 bits per heavy atom. The summed E-state index contributed by atoms with van der Waals surface area (Å²) >= 11 is 0. The summed E-state index contributed by atoms with van der Waals surface area (Å²) < 4.78 is 37.4. The summed E-state index contributed by atoms with van der Waals surface area (Å²) in [6.45, 7) is 0.326. The van der Waals surface area contributed by atoms with Gasteiger partial charge in [-0.05, 0) is 34.5 Å². The van der Waals surface area contributed by atoms with Crippen LogP contribution in [0.25, 0.3) is 10.8 Å². The number of nitrogens with two attached hydrogens (primary N) is 1. The van der Waals surface area contributed by atoms with Gasteiger partial charge >= 0.3 is 6.18 Å². The van der Waals surface area contributed by atoms with Crippen molar-refractivity contribution in [3.63, 3.8) is 0 Å². The highest BCUT2D eigenvalue weighted by molar-refractivity contribution is 5.83. The fourth-order valence-electron chi connectivity index (χ4n) is 1.60. The van der Waals surface area contributed by atoms with Gasteiger partial charge in [-0.25, -0.2) is 0 Å². The third-order valence-electron chi connectivity index (χ3n) is 2.47. The van der Waals surface area contributed by atoms with Crippen LogP contribution in [0.4, 0.5) is 13.2 Å². The Balaban J connectivity index is 2.59. The number of fused-ring (bicyclic) bond motifs is 1. The molecule has 0 fully saturated rings. The SMILES string of the molecule is NCc1ccc2ccc(C(F)(F)F)cc2c1. The van der Waals surface area contributed by atoms with E-state index in [2.05, 4.69) is 0 Å². The number of halogens is 3. The molecule has 0 spiro atoms. The van der Waals surface area contributed by atoms with E-state index in [1.807, 2.05) is 6.07 Å². The van der Waals surface area contributed by atoms with Crippen LogP contribution in [0.15, 0.2) is 36.4 Å². The molecule has 0 aliphatic heterocycles. The van der Waals surface area contributed by atoms with Crippen LogP contribution in [0.5, 0.6) is 0 Å². The molecule has 84 valence electrons. The average Bonchev–Trinajstić information content (AvgIpc) is 2.26. The second kappa shape index (κ2) is 3.79. The zero-order chi connectivity index (χ0) is 11.8. The minimum absolute atomic E-state index is 0.326. The lowest BCUT2D eigenvalue weighted by Crippen LogP contribution is -2.04. The Kier molecular flexibility index (Phi) is 2.59. The molecule has 2 rings (SSSR count). The lowest BCUT2D eigenvalue weighted by Gasteiger charge is -2.08. The molecule has 0 aliphatic rings. The van der Waals surface area contributed by atoms with Crippen LogP contribution in [-0.2, 0) is 12.7 Å². The molecule has 2 N–H and O–H groups in total. The summed E-state index contributed by atoms with van der Waals surface area (Å²) in [5.74, 6) is 0. The van der Waals surface area contributed by atoms with Gasteiger partial charge in [0.15, 0.2) is 0 Å². The Morgan fingerprint density at radius 2 is 1.62 bits per heavy atom. The topological polar surface area (TPSA) is 26.0 Å². The normalized spacial score (nSPS) is 12.0. The molecule has 0 saturated heterocycles. The maximum atomic E-state index is 12.5. The van der Waals surface area contributed by atoms with Gasteiger partial charge in [0.05, 0.1) is 5.56 Å². The van der Waals surface area contributed by atoms with Crippen LogP contribution < -0.4 is 5.73 Å². The van der Waals surface area contributed by atoms with Crippen molar-refractivity contribution in [2.75, 3.05) is 0 Å². The van der Waals surface area contributed by atoms with Crippen molar-refractivity contribution in [3.05, 3.63) is 47.5 Å². The maximum Gasteiger partial charge on any atom is 0.416 e. The Morgan fingerprint density at radius 1 is 0.938 bits per heavy atom. The predicted octanol–water partition coefficient (Wildman–Crippen LogP) is 3.32. The Labute approximate surface area is 90.7 Å². The van der Waals surface area contributed by atoms with Gasteiger partial charge in [-0.3, -0.25) is 0 Å². The minimum Gasteiger partial charge on any atom is -0.326 e. The van der Waals surface area contributed by atoms with Gasteiger partial charge in [0.1, 0.15) is 0 Å². The predicted molar refractivity (Wildman–Crippen MR) is 56.8 cm³/mol. The number of rotatable bonds is 1. The van der Waals surface area contributed by atoms with E-state index in [4.69, 9.17) is 5.73 Å². The quantitative estimate of drug-likeness (QED) is 0.791. The molecule has 0 aromatic heterocycles. The van der Waals surface area contributed by atoms with Gasteiger partial charge in [0.2, 0.25) is 0 Å². The molecular formula is C12H10F3N. The molecule has 0 heterocycles.